The fourth-order valence-electron chi connectivity index (χ4n) is 1.99. The molecule has 0 fully saturated rings. The maximum Gasteiger partial charge on any atom is 0.169 e. The first kappa shape index (κ1) is 15.8. The number of hydrogen-bond donors (Lipinski definition) is 0. The van der Waals surface area contributed by atoms with Crippen molar-refractivity contribution in [2.24, 2.45) is 0 Å². The van der Waals surface area contributed by atoms with Gasteiger partial charge in [0.15, 0.2) is 17.4 Å². The highest BCUT2D eigenvalue weighted by Crippen LogP contribution is 2.14. The first-order valence-electron chi connectivity index (χ1n) is 6.64. The number of hydrogen-bond acceptors (Lipinski definition) is 2. The van der Waals surface area contributed by atoms with Crippen molar-refractivity contribution in [3.05, 3.63) is 35.4 Å². The van der Waals surface area contributed by atoms with Crippen molar-refractivity contribution < 1.29 is 13.6 Å². The molecule has 2 nitrogen and oxygen atoms in total. The van der Waals surface area contributed by atoms with E-state index < -0.39 is 11.6 Å². The van der Waals surface area contributed by atoms with E-state index in [1.54, 1.807) is 0 Å². The number of halogens is 2. The first-order valence-corrected chi connectivity index (χ1v) is 6.64. The van der Waals surface area contributed by atoms with Gasteiger partial charge < -0.3 is 4.90 Å². The molecule has 0 spiro atoms. The lowest BCUT2D eigenvalue weighted by molar-refractivity contribution is 0.0956. The maximum atomic E-state index is 13.4. The molecule has 1 unspecified atom stereocenters. The van der Waals surface area contributed by atoms with E-state index in [2.05, 4.69) is 18.7 Å². The average molecular weight is 269 g/mol. The molecule has 19 heavy (non-hydrogen) atoms. The van der Waals surface area contributed by atoms with Crippen LogP contribution >= 0.6 is 0 Å². The van der Waals surface area contributed by atoms with Crippen LogP contribution in [0.3, 0.4) is 0 Å². The molecule has 1 aromatic rings. The van der Waals surface area contributed by atoms with Crippen molar-refractivity contribution in [1.29, 1.82) is 0 Å². The number of rotatable bonds is 7. The zero-order valence-corrected chi connectivity index (χ0v) is 11.7. The molecule has 0 radical (unpaired) electrons. The Hall–Kier alpha value is -1.29. The summed E-state index contributed by atoms with van der Waals surface area (Å²) in [6.45, 7) is 4.75. The number of carbonyl (C=O) groups excluding carboxylic acids is 1. The summed E-state index contributed by atoms with van der Waals surface area (Å²) in [5.41, 5.74) is -0.156. The quantitative estimate of drug-likeness (QED) is 0.704. The van der Waals surface area contributed by atoms with Gasteiger partial charge in [-0.05, 0) is 32.5 Å². The Bertz CT molecular complexity index is 434. The van der Waals surface area contributed by atoms with Gasteiger partial charge in [0.05, 0.1) is 5.56 Å². The average Bonchev–Trinajstić information content (AvgIpc) is 2.39. The van der Waals surface area contributed by atoms with Crippen molar-refractivity contribution in [2.75, 3.05) is 13.6 Å². The third-order valence-corrected chi connectivity index (χ3v) is 3.40. The van der Waals surface area contributed by atoms with E-state index in [0.29, 0.717) is 12.6 Å². The fourth-order valence-corrected chi connectivity index (χ4v) is 1.99. The molecular weight excluding hydrogens is 248 g/mol. The zero-order valence-electron chi connectivity index (χ0n) is 11.7. The summed E-state index contributed by atoms with van der Waals surface area (Å²) in [4.78, 5) is 13.9. The Morgan fingerprint density at radius 1 is 1.37 bits per heavy atom. The monoisotopic (exact) mass is 269 g/mol. The van der Waals surface area contributed by atoms with Crippen LogP contribution in [-0.2, 0) is 0 Å². The van der Waals surface area contributed by atoms with Crippen LogP contribution in [0.4, 0.5) is 8.78 Å². The number of carbonyl (C=O) groups is 1. The highest BCUT2D eigenvalue weighted by atomic mass is 19.2. The second-order valence-corrected chi connectivity index (χ2v) is 4.89. The van der Waals surface area contributed by atoms with Gasteiger partial charge in [0.1, 0.15) is 0 Å². The Morgan fingerprint density at radius 2 is 2.05 bits per heavy atom. The van der Waals surface area contributed by atoms with Crippen LogP contribution in [-0.4, -0.2) is 30.3 Å². The lowest BCUT2D eigenvalue weighted by Crippen LogP contribution is -2.31. The third kappa shape index (κ3) is 4.39. The predicted molar refractivity (Wildman–Crippen MR) is 72.3 cm³/mol. The molecule has 0 aliphatic rings. The number of benzene rings is 1. The van der Waals surface area contributed by atoms with E-state index in [-0.39, 0.29) is 17.8 Å². The lowest BCUT2D eigenvalue weighted by atomic mass is 10.1. The summed E-state index contributed by atoms with van der Waals surface area (Å²) >= 11 is 0. The third-order valence-electron chi connectivity index (χ3n) is 3.40. The van der Waals surface area contributed by atoms with Crippen molar-refractivity contribution in [1.82, 2.24) is 4.90 Å². The van der Waals surface area contributed by atoms with Crippen LogP contribution in [0.2, 0.25) is 0 Å². The topological polar surface area (TPSA) is 20.3 Å². The van der Waals surface area contributed by atoms with E-state index >= 15 is 0 Å². The smallest absolute Gasteiger partial charge is 0.169 e. The number of Topliss-reactive ketones (excluding diaryl/α,β-unsaturated/α-hetero) is 1. The van der Waals surface area contributed by atoms with Crippen LogP contribution in [0, 0.1) is 11.6 Å². The van der Waals surface area contributed by atoms with E-state index in [4.69, 9.17) is 0 Å². The maximum absolute atomic E-state index is 13.4. The van der Waals surface area contributed by atoms with Crippen molar-refractivity contribution in [3.8, 4) is 0 Å². The number of ketones is 1. The van der Waals surface area contributed by atoms with Crippen LogP contribution in [0.15, 0.2) is 18.2 Å². The minimum atomic E-state index is -1.04. The van der Waals surface area contributed by atoms with Gasteiger partial charge in [-0.25, -0.2) is 8.78 Å². The van der Waals surface area contributed by atoms with Crippen LogP contribution in [0.5, 0.6) is 0 Å². The van der Waals surface area contributed by atoms with E-state index in [1.165, 1.54) is 12.1 Å². The Labute approximate surface area is 113 Å². The second kappa shape index (κ2) is 7.34. The highest BCUT2D eigenvalue weighted by Gasteiger charge is 2.16. The SMILES string of the molecule is CCCC(C)N(C)CCC(=O)c1cccc(F)c1F. The molecule has 4 heteroatoms. The molecule has 0 amide bonds. The predicted octanol–water partition coefficient (Wildman–Crippen LogP) is 3.66. The summed E-state index contributed by atoms with van der Waals surface area (Å²) in [5.74, 6) is -2.37. The standard InChI is InChI=1S/C15H21F2NO/c1-4-6-11(2)18(3)10-9-14(19)12-7-5-8-13(16)15(12)17/h5,7-8,11H,4,6,9-10H2,1-3H3. The van der Waals surface area contributed by atoms with Gasteiger partial charge in [-0.15, -0.1) is 0 Å². The van der Waals surface area contributed by atoms with Crippen LogP contribution < -0.4 is 0 Å². The molecule has 0 aromatic heterocycles. The van der Waals surface area contributed by atoms with Gasteiger partial charge >= 0.3 is 0 Å². The highest BCUT2D eigenvalue weighted by molar-refractivity contribution is 5.96. The Morgan fingerprint density at radius 3 is 2.68 bits per heavy atom. The van der Waals surface area contributed by atoms with Crippen LogP contribution in [0.1, 0.15) is 43.5 Å². The molecule has 1 atom stereocenters. The van der Waals surface area contributed by atoms with Crippen molar-refractivity contribution >= 4 is 5.78 Å². The van der Waals surface area contributed by atoms with Gasteiger partial charge in [-0.3, -0.25) is 4.79 Å². The van der Waals surface area contributed by atoms with E-state index in [0.717, 1.165) is 18.9 Å². The molecule has 0 heterocycles. The van der Waals surface area contributed by atoms with Gasteiger partial charge in [-0.2, -0.15) is 0 Å². The van der Waals surface area contributed by atoms with Crippen molar-refractivity contribution in [2.45, 2.75) is 39.2 Å². The molecule has 0 N–H and O–H groups in total. The molecule has 0 aliphatic heterocycles. The van der Waals surface area contributed by atoms with Crippen LogP contribution in [0.25, 0.3) is 0 Å². The summed E-state index contributed by atoms with van der Waals surface area (Å²) in [6.07, 6.45) is 2.34. The molecular formula is C15H21F2NO. The number of nitrogens with zero attached hydrogens (tertiary/aromatic N) is 1. The Kier molecular flexibility index (Phi) is 6.09. The van der Waals surface area contributed by atoms with E-state index in [1.807, 2.05) is 7.05 Å². The molecule has 0 aliphatic carbocycles. The largest absolute Gasteiger partial charge is 0.303 e. The van der Waals surface area contributed by atoms with Gasteiger partial charge in [-0.1, -0.05) is 19.4 Å². The molecule has 0 saturated heterocycles. The minimum absolute atomic E-state index is 0.156. The van der Waals surface area contributed by atoms with E-state index in [9.17, 15) is 13.6 Å². The molecule has 106 valence electrons. The summed E-state index contributed by atoms with van der Waals surface area (Å²) < 4.78 is 26.5. The molecule has 1 rings (SSSR count). The van der Waals surface area contributed by atoms with Gasteiger partial charge in [0.2, 0.25) is 0 Å². The normalized spacial score (nSPS) is 12.7. The summed E-state index contributed by atoms with van der Waals surface area (Å²) in [5, 5.41) is 0. The second-order valence-electron chi connectivity index (χ2n) is 4.89. The zero-order chi connectivity index (χ0) is 14.4. The summed E-state index contributed by atoms with van der Waals surface area (Å²) in [7, 11) is 1.94. The lowest BCUT2D eigenvalue weighted by Gasteiger charge is -2.23. The minimum Gasteiger partial charge on any atom is -0.303 e. The summed E-state index contributed by atoms with van der Waals surface area (Å²) in [6, 6.07) is 4.09. The molecule has 1 aromatic carbocycles. The van der Waals surface area contributed by atoms with Gasteiger partial charge in [0.25, 0.3) is 0 Å². The molecule has 0 bridgehead atoms. The van der Waals surface area contributed by atoms with Gasteiger partial charge in [0, 0.05) is 19.0 Å². The van der Waals surface area contributed by atoms with Crippen molar-refractivity contribution in [3.63, 3.8) is 0 Å². The first-order chi connectivity index (χ1) is 8.97. The Balaban J connectivity index is 2.58. The molecule has 0 saturated carbocycles. The fraction of sp³-hybridized carbons (Fsp3) is 0.533.